The molecule has 1 aliphatic rings. The second-order valence-electron chi connectivity index (χ2n) is 7.10. The lowest BCUT2D eigenvalue weighted by molar-refractivity contribution is 0.103. The third kappa shape index (κ3) is 4.34. The van der Waals surface area contributed by atoms with E-state index in [1.54, 1.807) is 0 Å². The highest BCUT2D eigenvalue weighted by molar-refractivity contribution is 5.71. The van der Waals surface area contributed by atoms with Crippen molar-refractivity contribution in [2.75, 3.05) is 13.2 Å². The van der Waals surface area contributed by atoms with E-state index in [-0.39, 0.29) is 12.2 Å². The van der Waals surface area contributed by atoms with Gasteiger partial charge in [-0.2, -0.15) is 0 Å². The Morgan fingerprint density at radius 3 is 2.65 bits per heavy atom. The van der Waals surface area contributed by atoms with Gasteiger partial charge in [0.05, 0.1) is 0 Å². The fourth-order valence-electron chi connectivity index (χ4n) is 3.26. The van der Waals surface area contributed by atoms with Gasteiger partial charge in [-0.1, -0.05) is 44.2 Å². The number of benzene rings is 1. The summed E-state index contributed by atoms with van der Waals surface area (Å²) >= 11 is 0. The molecule has 0 aliphatic heterocycles. The minimum atomic E-state index is -0.646. The van der Waals surface area contributed by atoms with E-state index in [0.29, 0.717) is 23.9 Å². The van der Waals surface area contributed by atoms with Crippen molar-refractivity contribution >= 4 is 0 Å². The van der Waals surface area contributed by atoms with E-state index in [9.17, 15) is 9.90 Å². The standard InChI is InChI=1S/C21H27NO4/c1-14(2)22-12-16(23)13-25-20-17-10-6-7-11-18(17)26-21(24)19(20)15-8-4-3-5-9-15/h3-5,8-9,14,16,22-23H,6-7,10-13H2,1-2H3. The molecular formula is C21H27NO4. The molecule has 1 atom stereocenters. The predicted octanol–water partition coefficient (Wildman–Crippen LogP) is 2.92. The van der Waals surface area contributed by atoms with Gasteiger partial charge in [-0.25, -0.2) is 4.79 Å². The molecule has 0 saturated heterocycles. The summed E-state index contributed by atoms with van der Waals surface area (Å²) in [6.45, 7) is 4.64. The summed E-state index contributed by atoms with van der Waals surface area (Å²) in [6, 6.07) is 9.74. The van der Waals surface area contributed by atoms with Crippen molar-refractivity contribution in [1.82, 2.24) is 5.32 Å². The Kier molecular flexibility index (Phi) is 6.12. The number of aliphatic hydroxyl groups is 1. The van der Waals surface area contributed by atoms with Crippen molar-refractivity contribution in [3.8, 4) is 16.9 Å². The van der Waals surface area contributed by atoms with Crippen LogP contribution in [0.25, 0.3) is 11.1 Å². The Morgan fingerprint density at radius 2 is 1.92 bits per heavy atom. The van der Waals surface area contributed by atoms with E-state index in [1.807, 2.05) is 44.2 Å². The Hall–Kier alpha value is -2.11. The van der Waals surface area contributed by atoms with Gasteiger partial charge in [0.15, 0.2) is 0 Å². The number of hydrogen-bond acceptors (Lipinski definition) is 5. The average molecular weight is 357 g/mol. The van der Waals surface area contributed by atoms with E-state index in [0.717, 1.165) is 42.6 Å². The Morgan fingerprint density at radius 1 is 1.19 bits per heavy atom. The first-order valence-electron chi connectivity index (χ1n) is 9.34. The Balaban J connectivity index is 1.93. The number of hydrogen-bond donors (Lipinski definition) is 2. The number of aliphatic hydroxyl groups excluding tert-OH is 1. The Labute approximate surface area is 154 Å². The average Bonchev–Trinajstić information content (AvgIpc) is 2.64. The van der Waals surface area contributed by atoms with Gasteiger partial charge in [-0.15, -0.1) is 0 Å². The molecule has 5 nitrogen and oxygen atoms in total. The summed E-state index contributed by atoms with van der Waals surface area (Å²) in [7, 11) is 0. The van der Waals surface area contributed by atoms with Crippen molar-refractivity contribution in [2.24, 2.45) is 0 Å². The van der Waals surface area contributed by atoms with Crippen LogP contribution in [-0.4, -0.2) is 30.4 Å². The first kappa shape index (κ1) is 18.7. The number of fused-ring (bicyclic) bond motifs is 1. The highest BCUT2D eigenvalue weighted by atomic mass is 16.5. The molecule has 140 valence electrons. The first-order valence-corrected chi connectivity index (χ1v) is 9.34. The van der Waals surface area contributed by atoms with Crippen LogP contribution in [0.4, 0.5) is 0 Å². The van der Waals surface area contributed by atoms with Gasteiger partial charge in [0.2, 0.25) is 0 Å². The molecule has 1 aromatic heterocycles. The maximum atomic E-state index is 12.7. The highest BCUT2D eigenvalue weighted by Crippen LogP contribution is 2.36. The summed E-state index contributed by atoms with van der Waals surface area (Å²) in [5.41, 5.74) is 1.83. The molecule has 0 spiro atoms. The molecule has 1 aromatic carbocycles. The van der Waals surface area contributed by atoms with Gasteiger partial charge >= 0.3 is 5.63 Å². The van der Waals surface area contributed by atoms with Gasteiger partial charge in [0.25, 0.3) is 0 Å². The molecule has 1 unspecified atom stereocenters. The molecule has 5 heteroatoms. The van der Waals surface area contributed by atoms with Crippen LogP contribution in [-0.2, 0) is 12.8 Å². The smallest absolute Gasteiger partial charge is 0.347 e. The maximum absolute atomic E-state index is 12.7. The number of nitrogens with one attached hydrogen (secondary N) is 1. The summed E-state index contributed by atoms with van der Waals surface area (Å²) in [6.07, 6.45) is 3.00. The van der Waals surface area contributed by atoms with Crippen LogP contribution in [0.3, 0.4) is 0 Å². The summed E-state index contributed by atoms with van der Waals surface area (Å²) < 4.78 is 11.6. The minimum absolute atomic E-state index is 0.134. The van der Waals surface area contributed by atoms with Gasteiger partial charge in [-0.3, -0.25) is 0 Å². The molecule has 1 aliphatic carbocycles. The molecule has 2 N–H and O–H groups in total. The number of rotatable bonds is 7. The lowest BCUT2D eigenvalue weighted by atomic mass is 9.93. The largest absolute Gasteiger partial charge is 0.489 e. The molecule has 0 saturated carbocycles. The van der Waals surface area contributed by atoms with Crippen LogP contribution in [0, 0.1) is 0 Å². The molecule has 2 aromatic rings. The van der Waals surface area contributed by atoms with E-state index < -0.39 is 6.10 Å². The van der Waals surface area contributed by atoms with Crippen LogP contribution in [0.15, 0.2) is 39.5 Å². The van der Waals surface area contributed by atoms with E-state index in [1.165, 1.54) is 0 Å². The zero-order valence-corrected chi connectivity index (χ0v) is 15.5. The van der Waals surface area contributed by atoms with Crippen LogP contribution in [0.5, 0.6) is 5.75 Å². The third-order valence-electron chi connectivity index (χ3n) is 4.58. The normalized spacial score (nSPS) is 14.9. The van der Waals surface area contributed by atoms with Crippen molar-refractivity contribution in [3.63, 3.8) is 0 Å². The zero-order chi connectivity index (χ0) is 18.5. The highest BCUT2D eigenvalue weighted by Gasteiger charge is 2.24. The topological polar surface area (TPSA) is 71.7 Å². The van der Waals surface area contributed by atoms with Crippen molar-refractivity contribution in [1.29, 1.82) is 0 Å². The third-order valence-corrected chi connectivity index (χ3v) is 4.58. The lowest BCUT2D eigenvalue weighted by Crippen LogP contribution is -2.35. The fourth-order valence-corrected chi connectivity index (χ4v) is 3.26. The van der Waals surface area contributed by atoms with Gasteiger partial charge < -0.3 is 19.6 Å². The van der Waals surface area contributed by atoms with Gasteiger partial charge in [0.1, 0.15) is 29.8 Å². The van der Waals surface area contributed by atoms with E-state index in [4.69, 9.17) is 9.15 Å². The quantitative estimate of drug-likeness (QED) is 0.797. The number of ether oxygens (including phenoxy) is 1. The first-order chi connectivity index (χ1) is 12.6. The van der Waals surface area contributed by atoms with Crippen molar-refractivity contribution < 1.29 is 14.3 Å². The van der Waals surface area contributed by atoms with E-state index in [2.05, 4.69) is 5.32 Å². The second-order valence-corrected chi connectivity index (χ2v) is 7.10. The molecule has 0 radical (unpaired) electrons. The lowest BCUT2D eigenvalue weighted by Gasteiger charge is -2.22. The molecule has 0 bridgehead atoms. The molecular weight excluding hydrogens is 330 g/mol. The monoisotopic (exact) mass is 357 g/mol. The SMILES string of the molecule is CC(C)NCC(O)COc1c2c(oc(=O)c1-c1ccccc1)CCCC2. The predicted molar refractivity (Wildman–Crippen MR) is 102 cm³/mol. The molecule has 0 amide bonds. The van der Waals surface area contributed by atoms with Crippen LogP contribution in [0.1, 0.15) is 38.0 Å². The second kappa shape index (κ2) is 8.52. The summed E-state index contributed by atoms with van der Waals surface area (Å²) in [5.74, 6) is 1.30. The van der Waals surface area contributed by atoms with Crippen LogP contribution >= 0.6 is 0 Å². The van der Waals surface area contributed by atoms with Crippen LogP contribution in [0.2, 0.25) is 0 Å². The molecule has 0 fully saturated rings. The molecule has 3 rings (SSSR count). The van der Waals surface area contributed by atoms with Gasteiger partial charge in [0, 0.05) is 24.6 Å². The fraction of sp³-hybridized carbons (Fsp3) is 0.476. The molecule has 1 heterocycles. The van der Waals surface area contributed by atoms with E-state index >= 15 is 0 Å². The summed E-state index contributed by atoms with van der Waals surface area (Å²) in [4.78, 5) is 12.7. The maximum Gasteiger partial charge on any atom is 0.347 e. The molecule has 26 heavy (non-hydrogen) atoms. The number of aryl methyl sites for hydroxylation is 1. The Bertz CT molecular complexity index is 783. The summed E-state index contributed by atoms with van der Waals surface area (Å²) in [5, 5.41) is 13.4. The minimum Gasteiger partial charge on any atom is -0.489 e. The van der Waals surface area contributed by atoms with Crippen molar-refractivity contribution in [2.45, 2.75) is 51.7 Å². The van der Waals surface area contributed by atoms with Crippen LogP contribution < -0.4 is 15.7 Å². The van der Waals surface area contributed by atoms with Crippen molar-refractivity contribution in [3.05, 3.63) is 52.1 Å². The van der Waals surface area contributed by atoms with Gasteiger partial charge in [-0.05, 0) is 24.8 Å². The zero-order valence-electron chi connectivity index (χ0n) is 15.5.